The van der Waals surface area contributed by atoms with Crippen LogP contribution in [0, 0.1) is 0 Å². The number of rotatable bonds is 2. The lowest BCUT2D eigenvalue weighted by atomic mass is 10.1. The first-order valence-corrected chi connectivity index (χ1v) is 6.42. The monoisotopic (exact) mass is 278 g/mol. The SMILES string of the molecule is O=c1cnc2nnn(Cc3ccc4ncccc4c3)c2[nH]1. The predicted octanol–water partition coefficient (Wildman–Crippen LogP) is 1.11. The molecule has 1 aromatic carbocycles. The van der Waals surface area contributed by atoms with Gasteiger partial charge in [-0.15, -0.1) is 5.10 Å². The van der Waals surface area contributed by atoms with Crippen molar-refractivity contribution in [2.75, 3.05) is 0 Å². The Hall–Kier alpha value is -3.09. The average molecular weight is 278 g/mol. The summed E-state index contributed by atoms with van der Waals surface area (Å²) in [5, 5.41) is 9.03. The number of pyridine rings is 1. The molecule has 0 fully saturated rings. The number of benzene rings is 1. The van der Waals surface area contributed by atoms with Gasteiger partial charge in [-0.25, -0.2) is 9.67 Å². The zero-order chi connectivity index (χ0) is 14.2. The molecule has 7 nitrogen and oxygen atoms in total. The van der Waals surface area contributed by atoms with Crippen molar-refractivity contribution in [2.45, 2.75) is 6.54 Å². The molecule has 0 aliphatic heterocycles. The predicted molar refractivity (Wildman–Crippen MR) is 76.8 cm³/mol. The van der Waals surface area contributed by atoms with Crippen molar-refractivity contribution < 1.29 is 0 Å². The standard InChI is InChI=1S/C14H10N6O/c21-12-7-16-13-14(17-12)20(19-18-13)8-9-3-4-11-10(6-9)2-1-5-15-11/h1-7H,8H2,(H,17,21). The van der Waals surface area contributed by atoms with Crippen LogP contribution >= 0.6 is 0 Å². The largest absolute Gasteiger partial charge is 0.303 e. The van der Waals surface area contributed by atoms with Crippen LogP contribution in [0.3, 0.4) is 0 Å². The number of aromatic nitrogens is 6. The van der Waals surface area contributed by atoms with Crippen molar-refractivity contribution in [3.63, 3.8) is 0 Å². The third-order valence-corrected chi connectivity index (χ3v) is 3.26. The van der Waals surface area contributed by atoms with Crippen molar-refractivity contribution in [2.24, 2.45) is 0 Å². The van der Waals surface area contributed by atoms with Crippen molar-refractivity contribution in [1.29, 1.82) is 0 Å². The number of H-pyrrole nitrogens is 1. The highest BCUT2D eigenvalue weighted by Gasteiger charge is 2.07. The molecular formula is C14H10N6O. The lowest BCUT2D eigenvalue weighted by Crippen LogP contribution is -2.09. The zero-order valence-electron chi connectivity index (χ0n) is 10.9. The highest BCUT2D eigenvalue weighted by atomic mass is 16.1. The second-order valence-electron chi connectivity index (χ2n) is 4.70. The Morgan fingerprint density at radius 1 is 1.19 bits per heavy atom. The summed E-state index contributed by atoms with van der Waals surface area (Å²) in [6, 6.07) is 9.90. The Morgan fingerprint density at radius 2 is 2.14 bits per heavy atom. The summed E-state index contributed by atoms with van der Waals surface area (Å²) < 4.78 is 1.63. The van der Waals surface area contributed by atoms with Crippen LogP contribution < -0.4 is 5.56 Å². The molecule has 21 heavy (non-hydrogen) atoms. The van der Waals surface area contributed by atoms with Crippen molar-refractivity contribution in [3.8, 4) is 0 Å². The van der Waals surface area contributed by atoms with Crippen molar-refractivity contribution in [3.05, 3.63) is 58.6 Å². The van der Waals surface area contributed by atoms with Crippen molar-refractivity contribution >= 4 is 22.2 Å². The zero-order valence-corrected chi connectivity index (χ0v) is 10.9. The van der Waals surface area contributed by atoms with Gasteiger partial charge in [-0.2, -0.15) is 0 Å². The number of nitrogens with zero attached hydrogens (tertiary/aromatic N) is 5. The summed E-state index contributed by atoms with van der Waals surface area (Å²) in [6.07, 6.45) is 2.96. The van der Waals surface area contributed by atoms with Crippen LogP contribution in [0.5, 0.6) is 0 Å². The van der Waals surface area contributed by atoms with Gasteiger partial charge in [0.25, 0.3) is 5.56 Å². The fraction of sp³-hybridized carbons (Fsp3) is 0.0714. The van der Waals surface area contributed by atoms with E-state index in [0.29, 0.717) is 17.8 Å². The number of fused-ring (bicyclic) bond motifs is 2. The molecule has 3 aromatic heterocycles. The number of nitrogens with one attached hydrogen (secondary N) is 1. The van der Waals surface area contributed by atoms with Gasteiger partial charge < -0.3 is 4.98 Å². The number of aromatic amines is 1. The Bertz CT molecular complexity index is 1000. The molecule has 0 atom stereocenters. The molecule has 0 spiro atoms. The van der Waals surface area contributed by atoms with Crippen molar-refractivity contribution in [1.82, 2.24) is 29.9 Å². The smallest absolute Gasteiger partial charge is 0.268 e. The lowest BCUT2D eigenvalue weighted by Gasteiger charge is -2.04. The molecule has 0 saturated heterocycles. The summed E-state index contributed by atoms with van der Waals surface area (Å²) in [6.45, 7) is 0.503. The van der Waals surface area contributed by atoms with Crippen LogP contribution in [0.4, 0.5) is 0 Å². The average Bonchev–Trinajstić information content (AvgIpc) is 2.89. The topological polar surface area (TPSA) is 89.3 Å². The molecule has 102 valence electrons. The first-order valence-electron chi connectivity index (χ1n) is 6.42. The molecule has 0 aliphatic carbocycles. The van der Waals surface area contributed by atoms with E-state index in [9.17, 15) is 4.79 Å². The van der Waals surface area contributed by atoms with Crippen LogP contribution in [-0.2, 0) is 6.54 Å². The summed E-state index contributed by atoms with van der Waals surface area (Å²) >= 11 is 0. The molecule has 4 aromatic rings. The molecule has 0 saturated carbocycles. The second-order valence-corrected chi connectivity index (χ2v) is 4.70. The highest BCUT2D eigenvalue weighted by Crippen LogP contribution is 2.15. The first kappa shape index (κ1) is 11.7. The fourth-order valence-corrected chi connectivity index (χ4v) is 2.29. The number of hydrogen-bond donors (Lipinski definition) is 1. The maximum absolute atomic E-state index is 11.4. The third kappa shape index (κ3) is 2.04. The van der Waals surface area contributed by atoms with Crippen LogP contribution in [0.15, 0.2) is 47.5 Å². The van der Waals surface area contributed by atoms with Gasteiger partial charge in [0.15, 0.2) is 5.65 Å². The molecule has 0 unspecified atom stereocenters. The molecule has 0 bridgehead atoms. The Morgan fingerprint density at radius 3 is 3.10 bits per heavy atom. The third-order valence-electron chi connectivity index (χ3n) is 3.26. The molecule has 4 rings (SSSR count). The van der Waals surface area contributed by atoms with E-state index < -0.39 is 0 Å². The van der Waals surface area contributed by atoms with Gasteiger partial charge in [-0.1, -0.05) is 17.3 Å². The molecule has 3 heterocycles. The second kappa shape index (κ2) is 4.48. The first-order chi connectivity index (χ1) is 10.3. The summed E-state index contributed by atoms with van der Waals surface area (Å²) in [7, 11) is 0. The van der Waals surface area contributed by atoms with Gasteiger partial charge in [-0.3, -0.25) is 9.78 Å². The van der Waals surface area contributed by atoms with Gasteiger partial charge in [0.2, 0.25) is 5.65 Å². The molecule has 0 aliphatic rings. The summed E-state index contributed by atoms with van der Waals surface area (Å²) in [4.78, 5) is 22.3. The quantitative estimate of drug-likeness (QED) is 0.593. The van der Waals surface area contributed by atoms with E-state index in [1.54, 1.807) is 10.9 Å². The van der Waals surface area contributed by atoms with Crippen LogP contribution in [0.25, 0.3) is 22.2 Å². The van der Waals surface area contributed by atoms with E-state index in [2.05, 4.69) is 25.3 Å². The van der Waals surface area contributed by atoms with Gasteiger partial charge in [-0.05, 0) is 23.8 Å². The maximum Gasteiger partial charge on any atom is 0.268 e. The Kier molecular flexibility index (Phi) is 2.50. The minimum absolute atomic E-state index is 0.270. The molecule has 0 radical (unpaired) electrons. The maximum atomic E-state index is 11.4. The van der Waals surface area contributed by atoms with Crippen LogP contribution in [-0.4, -0.2) is 29.9 Å². The molecule has 1 N–H and O–H groups in total. The number of hydrogen-bond acceptors (Lipinski definition) is 5. The van der Waals surface area contributed by atoms with E-state index in [4.69, 9.17) is 0 Å². The van der Waals surface area contributed by atoms with Gasteiger partial charge in [0, 0.05) is 11.6 Å². The van der Waals surface area contributed by atoms with E-state index >= 15 is 0 Å². The Labute approximate surface area is 118 Å². The minimum atomic E-state index is -0.270. The van der Waals surface area contributed by atoms with Crippen LogP contribution in [0.2, 0.25) is 0 Å². The molecule has 0 amide bonds. The van der Waals surface area contributed by atoms with Gasteiger partial charge in [0.1, 0.15) is 0 Å². The van der Waals surface area contributed by atoms with Gasteiger partial charge >= 0.3 is 0 Å². The normalized spacial score (nSPS) is 11.2. The summed E-state index contributed by atoms with van der Waals surface area (Å²) in [5.74, 6) is 0. The fourth-order valence-electron chi connectivity index (χ4n) is 2.29. The lowest BCUT2D eigenvalue weighted by molar-refractivity contribution is 0.664. The summed E-state index contributed by atoms with van der Waals surface area (Å²) in [5.41, 5.74) is 2.67. The Balaban J connectivity index is 1.79. The van der Waals surface area contributed by atoms with E-state index in [1.807, 2.05) is 30.3 Å². The molecule has 7 heteroatoms. The highest BCUT2D eigenvalue weighted by molar-refractivity contribution is 5.79. The molecular weight excluding hydrogens is 268 g/mol. The van der Waals surface area contributed by atoms with E-state index in [-0.39, 0.29) is 5.56 Å². The minimum Gasteiger partial charge on any atom is -0.303 e. The van der Waals surface area contributed by atoms with E-state index in [1.165, 1.54) is 6.20 Å². The van der Waals surface area contributed by atoms with Crippen LogP contribution in [0.1, 0.15) is 5.56 Å². The van der Waals surface area contributed by atoms with Gasteiger partial charge in [0.05, 0.1) is 18.3 Å². The van der Waals surface area contributed by atoms with E-state index in [0.717, 1.165) is 16.5 Å².